The van der Waals surface area contributed by atoms with Crippen LogP contribution in [0.15, 0.2) is 48.0 Å². The maximum atomic E-state index is 4.30. The third-order valence-electron chi connectivity index (χ3n) is 4.61. The Morgan fingerprint density at radius 3 is 2.79 bits per heavy atom. The summed E-state index contributed by atoms with van der Waals surface area (Å²) < 4.78 is 4.20. The first-order valence-electron chi connectivity index (χ1n) is 9.56. The third-order valence-corrected chi connectivity index (χ3v) is 4.61. The molecule has 3 rings (SSSR count). The summed E-state index contributed by atoms with van der Waals surface area (Å²) in [4.78, 5) is 8.58. The quantitative estimate of drug-likeness (QED) is 0.459. The van der Waals surface area contributed by atoms with Crippen LogP contribution in [-0.4, -0.2) is 43.9 Å². The van der Waals surface area contributed by atoms with Gasteiger partial charge < -0.3 is 19.8 Å². The van der Waals surface area contributed by atoms with Crippen molar-refractivity contribution in [1.29, 1.82) is 0 Å². The van der Waals surface area contributed by atoms with Gasteiger partial charge in [-0.1, -0.05) is 31.2 Å². The maximum absolute atomic E-state index is 4.30. The molecule has 0 aliphatic carbocycles. The molecule has 0 radical (unpaired) electrons. The van der Waals surface area contributed by atoms with Crippen molar-refractivity contribution in [2.45, 2.75) is 39.9 Å². The second-order valence-corrected chi connectivity index (χ2v) is 6.57. The summed E-state index contributed by atoms with van der Waals surface area (Å²) in [5, 5.41) is 14.8. The Morgan fingerprint density at radius 1 is 1.18 bits per heavy atom. The lowest BCUT2D eigenvalue weighted by molar-refractivity contribution is 0.632. The van der Waals surface area contributed by atoms with Crippen molar-refractivity contribution in [2.75, 3.05) is 13.6 Å². The molecular formula is C20H28N8. The van der Waals surface area contributed by atoms with Crippen molar-refractivity contribution >= 4 is 5.96 Å². The summed E-state index contributed by atoms with van der Waals surface area (Å²) in [6.07, 6.45) is 6.48. The van der Waals surface area contributed by atoms with Crippen molar-refractivity contribution in [3.8, 4) is 0 Å². The number of nitrogens with zero attached hydrogens (tertiary/aromatic N) is 6. The Morgan fingerprint density at radius 2 is 2.04 bits per heavy atom. The van der Waals surface area contributed by atoms with Crippen molar-refractivity contribution in [3.63, 3.8) is 0 Å². The zero-order valence-corrected chi connectivity index (χ0v) is 16.8. The minimum absolute atomic E-state index is 0.712. The van der Waals surface area contributed by atoms with Crippen LogP contribution >= 0.6 is 0 Å². The fraction of sp³-hybridized carbons (Fsp3) is 0.400. The summed E-state index contributed by atoms with van der Waals surface area (Å²) in [7, 11) is 1.78. The van der Waals surface area contributed by atoms with Crippen molar-refractivity contribution in [1.82, 2.24) is 34.9 Å². The molecule has 0 saturated carbocycles. The number of nitrogens with one attached hydrogen (secondary N) is 2. The molecule has 0 bridgehead atoms. The summed E-state index contributed by atoms with van der Waals surface area (Å²) in [5.74, 6) is 2.80. The van der Waals surface area contributed by atoms with E-state index >= 15 is 0 Å². The zero-order chi connectivity index (χ0) is 19.8. The first-order chi connectivity index (χ1) is 13.7. The fourth-order valence-electron chi connectivity index (χ4n) is 3.05. The van der Waals surface area contributed by atoms with Gasteiger partial charge in [-0.25, -0.2) is 4.98 Å². The second-order valence-electron chi connectivity index (χ2n) is 6.57. The smallest absolute Gasteiger partial charge is 0.191 e. The van der Waals surface area contributed by atoms with Crippen LogP contribution in [0.1, 0.15) is 29.7 Å². The number of rotatable bonds is 8. The number of aromatic nitrogens is 5. The summed E-state index contributed by atoms with van der Waals surface area (Å²) in [6.45, 7) is 7.19. The second kappa shape index (κ2) is 9.68. The fourth-order valence-corrected chi connectivity index (χ4v) is 3.05. The van der Waals surface area contributed by atoms with Gasteiger partial charge in [-0.05, 0) is 18.1 Å². The van der Waals surface area contributed by atoms with E-state index in [4.69, 9.17) is 0 Å². The van der Waals surface area contributed by atoms with E-state index in [1.165, 1.54) is 11.1 Å². The molecule has 0 saturated heterocycles. The number of benzene rings is 1. The molecule has 1 aromatic carbocycles. The van der Waals surface area contributed by atoms with Gasteiger partial charge in [0.05, 0.1) is 0 Å². The average molecular weight is 381 g/mol. The van der Waals surface area contributed by atoms with E-state index in [-0.39, 0.29) is 0 Å². The SMILES string of the molecule is CCc1nncn1CCNC(=NC)NCc1cccc(Cn2ccnc2C)c1. The topological polar surface area (TPSA) is 85.0 Å². The highest BCUT2D eigenvalue weighted by Gasteiger charge is 2.04. The van der Waals surface area contributed by atoms with Crippen LogP contribution in [0, 0.1) is 6.92 Å². The highest BCUT2D eigenvalue weighted by molar-refractivity contribution is 5.79. The van der Waals surface area contributed by atoms with E-state index in [0.717, 1.165) is 43.7 Å². The summed E-state index contributed by atoms with van der Waals surface area (Å²) in [5.41, 5.74) is 2.47. The number of hydrogen-bond donors (Lipinski definition) is 2. The van der Waals surface area contributed by atoms with Gasteiger partial charge in [0.25, 0.3) is 0 Å². The Hall–Kier alpha value is -3.16. The zero-order valence-electron chi connectivity index (χ0n) is 16.8. The molecule has 0 unspecified atom stereocenters. The summed E-state index contributed by atoms with van der Waals surface area (Å²) >= 11 is 0. The van der Waals surface area contributed by atoms with Crippen LogP contribution in [0.3, 0.4) is 0 Å². The van der Waals surface area contributed by atoms with E-state index in [2.05, 4.69) is 71.1 Å². The molecule has 0 fully saturated rings. The minimum Gasteiger partial charge on any atom is -0.355 e. The number of aliphatic imine (C=N–C) groups is 1. The normalized spacial score (nSPS) is 11.6. The van der Waals surface area contributed by atoms with Crippen LogP contribution in [-0.2, 0) is 26.1 Å². The Labute approximate surface area is 165 Å². The number of imidazole rings is 1. The number of guanidine groups is 1. The monoisotopic (exact) mass is 380 g/mol. The van der Waals surface area contributed by atoms with Crippen LogP contribution in [0.5, 0.6) is 0 Å². The third kappa shape index (κ3) is 5.18. The first kappa shape index (κ1) is 19.6. The number of aryl methyl sites for hydroxylation is 2. The first-order valence-corrected chi connectivity index (χ1v) is 9.56. The summed E-state index contributed by atoms with van der Waals surface area (Å²) in [6, 6.07) is 8.56. The van der Waals surface area contributed by atoms with Crippen molar-refractivity contribution in [3.05, 3.63) is 65.8 Å². The largest absolute Gasteiger partial charge is 0.355 e. The van der Waals surface area contributed by atoms with Gasteiger partial charge in [0, 0.05) is 52.0 Å². The lowest BCUT2D eigenvalue weighted by Gasteiger charge is -2.13. The molecule has 28 heavy (non-hydrogen) atoms. The van der Waals surface area contributed by atoms with E-state index in [1.54, 1.807) is 13.4 Å². The van der Waals surface area contributed by atoms with Crippen LogP contribution in [0.4, 0.5) is 0 Å². The highest BCUT2D eigenvalue weighted by Crippen LogP contribution is 2.08. The Balaban J connectivity index is 1.49. The van der Waals surface area contributed by atoms with E-state index in [1.807, 2.05) is 19.3 Å². The van der Waals surface area contributed by atoms with Crippen LogP contribution in [0.25, 0.3) is 0 Å². The lowest BCUT2D eigenvalue weighted by atomic mass is 10.1. The minimum atomic E-state index is 0.712. The molecule has 8 heteroatoms. The molecule has 0 amide bonds. The molecule has 0 aliphatic rings. The highest BCUT2D eigenvalue weighted by atomic mass is 15.3. The van der Waals surface area contributed by atoms with Crippen molar-refractivity contribution in [2.24, 2.45) is 4.99 Å². The van der Waals surface area contributed by atoms with Gasteiger partial charge in [-0.3, -0.25) is 4.99 Å². The van der Waals surface area contributed by atoms with E-state index in [0.29, 0.717) is 6.54 Å². The molecule has 2 aromatic heterocycles. The van der Waals surface area contributed by atoms with Gasteiger partial charge in [0.2, 0.25) is 0 Å². The molecule has 0 aliphatic heterocycles. The van der Waals surface area contributed by atoms with Gasteiger partial charge in [-0.2, -0.15) is 0 Å². The molecule has 2 heterocycles. The molecule has 3 aromatic rings. The number of hydrogen-bond acceptors (Lipinski definition) is 4. The molecule has 148 valence electrons. The maximum Gasteiger partial charge on any atom is 0.191 e. The molecular weight excluding hydrogens is 352 g/mol. The molecule has 2 N–H and O–H groups in total. The van der Waals surface area contributed by atoms with E-state index in [9.17, 15) is 0 Å². The molecule has 0 spiro atoms. The van der Waals surface area contributed by atoms with Gasteiger partial charge in [0.1, 0.15) is 18.0 Å². The Kier molecular flexibility index (Phi) is 6.78. The van der Waals surface area contributed by atoms with Crippen LogP contribution in [0.2, 0.25) is 0 Å². The standard InChI is InChI=1S/C20H28N8/c1-4-19-26-25-15-28(19)11-9-23-20(21-3)24-13-17-6-5-7-18(12-17)14-27-10-8-22-16(27)2/h5-8,10,12,15H,4,9,11,13-14H2,1-3H3,(H2,21,23,24). The van der Waals surface area contributed by atoms with Crippen LogP contribution < -0.4 is 10.6 Å². The van der Waals surface area contributed by atoms with E-state index < -0.39 is 0 Å². The predicted molar refractivity (Wildman–Crippen MR) is 110 cm³/mol. The molecule has 0 atom stereocenters. The predicted octanol–water partition coefficient (Wildman–Crippen LogP) is 1.76. The van der Waals surface area contributed by atoms with Gasteiger partial charge in [0.15, 0.2) is 5.96 Å². The lowest BCUT2D eigenvalue weighted by Crippen LogP contribution is -2.38. The van der Waals surface area contributed by atoms with Gasteiger partial charge in [-0.15, -0.1) is 10.2 Å². The average Bonchev–Trinajstić information content (AvgIpc) is 3.33. The Bertz CT molecular complexity index is 908. The van der Waals surface area contributed by atoms with Gasteiger partial charge >= 0.3 is 0 Å². The van der Waals surface area contributed by atoms with Crippen molar-refractivity contribution < 1.29 is 0 Å². The molecule has 8 nitrogen and oxygen atoms in total.